The van der Waals surface area contributed by atoms with E-state index in [4.69, 9.17) is 20.3 Å². The fraction of sp³-hybridized carbons (Fsp3) is 0.308. The fourth-order valence-electron chi connectivity index (χ4n) is 3.67. The molecule has 0 fully saturated rings. The first-order valence-electron chi connectivity index (χ1n) is 10.8. The van der Waals surface area contributed by atoms with Crippen LogP contribution in [0.4, 0.5) is 13.2 Å². The SMILES string of the molecule is CC(N)(CC(O)CCO)c1ccc(Oc2cccc(OCc3ccccc3)c2)cc1C(F)(F)F. The zero-order chi connectivity index (χ0) is 24.8. The minimum atomic E-state index is -4.68. The molecular weight excluding hydrogens is 447 g/mol. The first kappa shape index (κ1) is 25.6. The van der Waals surface area contributed by atoms with Gasteiger partial charge in [-0.2, -0.15) is 13.2 Å². The molecule has 0 saturated heterocycles. The first-order valence-corrected chi connectivity index (χ1v) is 10.8. The van der Waals surface area contributed by atoms with Gasteiger partial charge in [-0.1, -0.05) is 42.5 Å². The number of benzene rings is 3. The highest BCUT2D eigenvalue weighted by Crippen LogP contribution is 2.40. The average molecular weight is 476 g/mol. The molecule has 2 unspecified atom stereocenters. The van der Waals surface area contributed by atoms with Gasteiger partial charge in [-0.15, -0.1) is 0 Å². The number of nitrogens with two attached hydrogens (primary N) is 1. The van der Waals surface area contributed by atoms with Crippen molar-refractivity contribution in [3.8, 4) is 17.2 Å². The third-order valence-corrected chi connectivity index (χ3v) is 5.32. The molecule has 0 radical (unpaired) electrons. The Morgan fingerprint density at radius 2 is 1.56 bits per heavy atom. The molecule has 3 rings (SSSR count). The molecule has 0 bridgehead atoms. The summed E-state index contributed by atoms with van der Waals surface area (Å²) >= 11 is 0. The van der Waals surface area contributed by atoms with E-state index in [1.807, 2.05) is 30.3 Å². The number of hydrogen-bond acceptors (Lipinski definition) is 5. The van der Waals surface area contributed by atoms with Crippen LogP contribution in [0.15, 0.2) is 72.8 Å². The summed E-state index contributed by atoms with van der Waals surface area (Å²) in [6.45, 7) is 1.48. The van der Waals surface area contributed by atoms with Crippen LogP contribution in [0.2, 0.25) is 0 Å². The van der Waals surface area contributed by atoms with Gasteiger partial charge < -0.3 is 25.4 Å². The molecule has 0 saturated carbocycles. The Hall–Kier alpha value is -3.07. The number of aliphatic hydroxyl groups is 2. The van der Waals surface area contributed by atoms with E-state index < -0.39 is 23.4 Å². The lowest BCUT2D eigenvalue weighted by Gasteiger charge is -2.30. The molecule has 3 aromatic carbocycles. The second-order valence-electron chi connectivity index (χ2n) is 8.34. The Kier molecular flexibility index (Phi) is 8.19. The molecule has 0 aromatic heterocycles. The van der Waals surface area contributed by atoms with E-state index in [2.05, 4.69) is 0 Å². The van der Waals surface area contributed by atoms with E-state index >= 15 is 0 Å². The quantitative estimate of drug-likeness (QED) is 0.366. The Morgan fingerprint density at radius 3 is 2.24 bits per heavy atom. The van der Waals surface area contributed by atoms with Crippen LogP contribution in [-0.4, -0.2) is 22.9 Å². The second-order valence-corrected chi connectivity index (χ2v) is 8.34. The number of aliphatic hydroxyl groups excluding tert-OH is 2. The molecule has 0 heterocycles. The molecule has 182 valence electrons. The van der Waals surface area contributed by atoms with E-state index in [0.717, 1.165) is 11.6 Å². The van der Waals surface area contributed by atoms with E-state index in [9.17, 15) is 18.3 Å². The van der Waals surface area contributed by atoms with Crippen LogP contribution in [-0.2, 0) is 18.3 Å². The van der Waals surface area contributed by atoms with Gasteiger partial charge in [0.05, 0.1) is 11.7 Å². The summed E-state index contributed by atoms with van der Waals surface area (Å²) in [7, 11) is 0. The maximum absolute atomic E-state index is 13.9. The largest absolute Gasteiger partial charge is 0.489 e. The summed E-state index contributed by atoms with van der Waals surface area (Å²) in [5.74, 6) is 0.824. The van der Waals surface area contributed by atoms with Gasteiger partial charge in [-0.3, -0.25) is 0 Å². The predicted molar refractivity (Wildman–Crippen MR) is 123 cm³/mol. The van der Waals surface area contributed by atoms with Crippen LogP contribution in [0, 0.1) is 0 Å². The number of halogens is 3. The summed E-state index contributed by atoms with van der Waals surface area (Å²) in [6.07, 6.45) is -5.83. The van der Waals surface area contributed by atoms with Gasteiger partial charge in [0.1, 0.15) is 23.9 Å². The van der Waals surface area contributed by atoms with Crippen molar-refractivity contribution >= 4 is 0 Å². The number of rotatable bonds is 10. The molecule has 4 N–H and O–H groups in total. The zero-order valence-corrected chi connectivity index (χ0v) is 18.8. The smallest absolute Gasteiger partial charge is 0.416 e. The summed E-state index contributed by atoms with van der Waals surface area (Å²) < 4.78 is 53.1. The van der Waals surface area contributed by atoms with Gasteiger partial charge in [0.2, 0.25) is 0 Å². The van der Waals surface area contributed by atoms with Crippen LogP contribution >= 0.6 is 0 Å². The first-order chi connectivity index (χ1) is 16.1. The molecule has 3 aromatic rings. The zero-order valence-electron chi connectivity index (χ0n) is 18.8. The standard InChI is InChI=1S/C26H28F3NO4/c1-25(30,16-19(32)12-13-31)23-11-10-22(15-24(23)26(27,28)29)34-21-9-5-8-20(14-21)33-17-18-6-3-2-4-7-18/h2-11,14-15,19,31-32H,12-13,16-17,30H2,1H3. The van der Waals surface area contributed by atoms with Gasteiger partial charge in [0, 0.05) is 18.2 Å². The Bertz CT molecular complexity index is 1070. The van der Waals surface area contributed by atoms with Crippen LogP contribution in [0.5, 0.6) is 17.2 Å². The van der Waals surface area contributed by atoms with Crippen LogP contribution in [0.1, 0.15) is 36.5 Å². The van der Waals surface area contributed by atoms with E-state index in [1.165, 1.54) is 19.1 Å². The Balaban J connectivity index is 1.80. The van der Waals surface area contributed by atoms with Gasteiger partial charge in [0.25, 0.3) is 0 Å². The van der Waals surface area contributed by atoms with Gasteiger partial charge in [-0.25, -0.2) is 0 Å². The minimum absolute atomic E-state index is 0.0111. The molecule has 0 aliphatic rings. The van der Waals surface area contributed by atoms with Crippen molar-refractivity contribution in [1.29, 1.82) is 0 Å². The number of ether oxygens (including phenoxy) is 2. The van der Waals surface area contributed by atoms with Crippen molar-refractivity contribution in [1.82, 2.24) is 0 Å². The Labute approximate surface area is 196 Å². The minimum Gasteiger partial charge on any atom is -0.489 e. The highest BCUT2D eigenvalue weighted by atomic mass is 19.4. The van der Waals surface area contributed by atoms with Crippen molar-refractivity contribution in [2.45, 2.75) is 44.2 Å². The molecular formula is C26H28F3NO4. The van der Waals surface area contributed by atoms with Crippen molar-refractivity contribution < 1.29 is 32.9 Å². The lowest BCUT2D eigenvalue weighted by molar-refractivity contribution is -0.139. The lowest BCUT2D eigenvalue weighted by atomic mass is 9.83. The van der Waals surface area contributed by atoms with Gasteiger partial charge in [-0.05, 0) is 55.2 Å². The van der Waals surface area contributed by atoms with Gasteiger partial charge in [0.15, 0.2) is 0 Å². The maximum Gasteiger partial charge on any atom is 0.416 e. The summed E-state index contributed by atoms with van der Waals surface area (Å²) in [4.78, 5) is 0. The van der Waals surface area contributed by atoms with Crippen LogP contribution < -0.4 is 15.2 Å². The molecule has 2 atom stereocenters. The number of alkyl halides is 3. The van der Waals surface area contributed by atoms with Crippen molar-refractivity contribution in [2.24, 2.45) is 5.73 Å². The molecule has 34 heavy (non-hydrogen) atoms. The van der Waals surface area contributed by atoms with Crippen molar-refractivity contribution in [3.63, 3.8) is 0 Å². The molecule has 0 aliphatic carbocycles. The van der Waals surface area contributed by atoms with Crippen molar-refractivity contribution in [3.05, 3.63) is 89.5 Å². The van der Waals surface area contributed by atoms with E-state index in [-0.39, 0.29) is 30.8 Å². The molecule has 0 spiro atoms. The average Bonchev–Trinajstić information content (AvgIpc) is 2.78. The third kappa shape index (κ3) is 6.96. The molecule has 0 aliphatic heterocycles. The van der Waals surface area contributed by atoms with E-state index in [1.54, 1.807) is 24.3 Å². The summed E-state index contributed by atoms with van der Waals surface area (Å²) in [5.41, 5.74) is 4.58. The monoisotopic (exact) mass is 475 g/mol. The molecule has 8 heteroatoms. The van der Waals surface area contributed by atoms with Gasteiger partial charge >= 0.3 is 6.18 Å². The van der Waals surface area contributed by atoms with Crippen LogP contribution in [0.3, 0.4) is 0 Å². The van der Waals surface area contributed by atoms with E-state index in [0.29, 0.717) is 18.1 Å². The highest BCUT2D eigenvalue weighted by molar-refractivity contribution is 5.44. The predicted octanol–water partition coefficient (Wildman–Crippen LogP) is 5.38. The molecule has 0 amide bonds. The second kappa shape index (κ2) is 10.9. The lowest BCUT2D eigenvalue weighted by Crippen LogP contribution is -2.39. The maximum atomic E-state index is 13.9. The normalized spacial score (nSPS) is 14.3. The number of hydrogen-bond donors (Lipinski definition) is 3. The third-order valence-electron chi connectivity index (χ3n) is 5.32. The fourth-order valence-corrected chi connectivity index (χ4v) is 3.67. The topological polar surface area (TPSA) is 84.9 Å². The summed E-state index contributed by atoms with van der Waals surface area (Å²) in [6, 6.07) is 19.8. The van der Waals surface area contributed by atoms with Crippen molar-refractivity contribution in [2.75, 3.05) is 6.61 Å². The van der Waals surface area contributed by atoms with Crippen LogP contribution in [0.25, 0.3) is 0 Å². The highest BCUT2D eigenvalue weighted by Gasteiger charge is 2.39. The molecule has 5 nitrogen and oxygen atoms in total. The Morgan fingerprint density at radius 1 is 0.882 bits per heavy atom. The summed E-state index contributed by atoms with van der Waals surface area (Å²) in [5, 5.41) is 18.9.